The molecule has 1 N–H and O–H groups in total. The van der Waals surface area contributed by atoms with Crippen molar-refractivity contribution in [3.63, 3.8) is 0 Å². The molecule has 1 aromatic rings. The highest BCUT2D eigenvalue weighted by molar-refractivity contribution is 7.17. The van der Waals surface area contributed by atoms with E-state index in [9.17, 15) is 14.4 Å². The van der Waals surface area contributed by atoms with Gasteiger partial charge in [0.15, 0.2) is 0 Å². The number of ether oxygens (including phenoxy) is 2. The van der Waals surface area contributed by atoms with E-state index in [0.717, 1.165) is 10.4 Å². The summed E-state index contributed by atoms with van der Waals surface area (Å²) >= 11 is 6.81. The monoisotopic (exact) mass is 402 g/mol. The van der Waals surface area contributed by atoms with E-state index >= 15 is 0 Å². The van der Waals surface area contributed by atoms with E-state index < -0.39 is 23.6 Å². The number of thiophene rings is 1. The molecule has 26 heavy (non-hydrogen) atoms. The van der Waals surface area contributed by atoms with E-state index in [1.807, 2.05) is 20.8 Å². The van der Waals surface area contributed by atoms with E-state index in [4.69, 9.17) is 21.1 Å². The first kappa shape index (κ1) is 20.5. The van der Waals surface area contributed by atoms with Gasteiger partial charge in [-0.15, -0.1) is 22.9 Å². The van der Waals surface area contributed by atoms with Gasteiger partial charge in [-0.25, -0.2) is 9.59 Å². The van der Waals surface area contributed by atoms with Crippen molar-refractivity contribution in [2.45, 2.75) is 46.3 Å². The third-order valence-electron chi connectivity index (χ3n) is 3.56. The second-order valence-electron chi connectivity index (χ2n) is 6.76. The van der Waals surface area contributed by atoms with Crippen molar-refractivity contribution >= 4 is 45.9 Å². The molecule has 0 radical (unpaired) electrons. The maximum absolute atomic E-state index is 12.4. The molecule has 0 unspecified atom stereocenters. The maximum atomic E-state index is 12.4. The SMILES string of the molecule is CCOC(=O)c1c(NC(=O)CCl)sc2c1CCN(C(=O)OC(C)(C)C)C2. The number of nitrogens with one attached hydrogen (secondary N) is 1. The second-order valence-corrected chi connectivity index (χ2v) is 8.13. The summed E-state index contributed by atoms with van der Waals surface area (Å²) in [6.45, 7) is 8.12. The van der Waals surface area contributed by atoms with Crippen molar-refractivity contribution in [3.05, 3.63) is 16.0 Å². The highest BCUT2D eigenvalue weighted by Crippen LogP contribution is 2.38. The van der Waals surface area contributed by atoms with Crippen LogP contribution in [0.3, 0.4) is 0 Å². The fourth-order valence-electron chi connectivity index (χ4n) is 2.55. The van der Waals surface area contributed by atoms with Crippen molar-refractivity contribution in [2.24, 2.45) is 0 Å². The van der Waals surface area contributed by atoms with Crippen molar-refractivity contribution in [1.29, 1.82) is 0 Å². The molecule has 1 aliphatic heterocycles. The smallest absolute Gasteiger partial charge is 0.410 e. The second kappa shape index (κ2) is 8.26. The summed E-state index contributed by atoms with van der Waals surface area (Å²) in [6, 6.07) is 0. The van der Waals surface area contributed by atoms with Gasteiger partial charge in [-0.3, -0.25) is 4.79 Å². The Morgan fingerprint density at radius 2 is 2.00 bits per heavy atom. The number of esters is 1. The van der Waals surface area contributed by atoms with Gasteiger partial charge < -0.3 is 19.7 Å². The largest absolute Gasteiger partial charge is 0.462 e. The molecule has 0 spiro atoms. The van der Waals surface area contributed by atoms with E-state index in [1.165, 1.54) is 11.3 Å². The van der Waals surface area contributed by atoms with Crippen LogP contribution >= 0.6 is 22.9 Å². The molecule has 7 nitrogen and oxygen atoms in total. The molecule has 0 bridgehead atoms. The molecule has 0 saturated carbocycles. The van der Waals surface area contributed by atoms with Gasteiger partial charge >= 0.3 is 12.1 Å². The number of alkyl halides is 1. The summed E-state index contributed by atoms with van der Waals surface area (Å²) in [5, 5.41) is 3.06. The lowest BCUT2D eigenvalue weighted by Gasteiger charge is -2.30. The molecule has 1 aromatic heterocycles. The highest BCUT2D eigenvalue weighted by Gasteiger charge is 2.32. The number of anilines is 1. The number of carbonyl (C=O) groups excluding carboxylic acids is 3. The molecule has 0 aromatic carbocycles. The van der Waals surface area contributed by atoms with Crippen LogP contribution in [0.2, 0.25) is 0 Å². The Morgan fingerprint density at radius 1 is 1.31 bits per heavy atom. The van der Waals surface area contributed by atoms with Crippen LogP contribution in [-0.2, 0) is 27.2 Å². The maximum Gasteiger partial charge on any atom is 0.410 e. The normalized spacial score (nSPS) is 13.8. The summed E-state index contributed by atoms with van der Waals surface area (Å²) in [7, 11) is 0. The zero-order valence-corrected chi connectivity index (χ0v) is 16.9. The minimum atomic E-state index is -0.581. The number of hydrogen-bond acceptors (Lipinski definition) is 6. The molecule has 144 valence electrons. The van der Waals surface area contributed by atoms with Gasteiger partial charge in [0.05, 0.1) is 18.7 Å². The third-order valence-corrected chi connectivity index (χ3v) is 4.94. The molecule has 0 aliphatic carbocycles. The zero-order chi connectivity index (χ0) is 19.5. The quantitative estimate of drug-likeness (QED) is 0.616. The molecule has 0 fully saturated rings. The Morgan fingerprint density at radius 3 is 2.58 bits per heavy atom. The Labute approximate surface area is 161 Å². The Balaban J connectivity index is 2.29. The standard InChI is InChI=1S/C17H23ClN2O5S/c1-5-24-15(22)13-10-6-7-20(16(23)25-17(2,3)4)9-11(10)26-14(13)19-12(21)8-18/h5-9H2,1-4H3,(H,19,21). The molecule has 2 heterocycles. The summed E-state index contributed by atoms with van der Waals surface area (Å²) in [5.74, 6) is -1.10. The van der Waals surface area contributed by atoms with Crippen molar-refractivity contribution in [2.75, 3.05) is 24.3 Å². The molecule has 1 aliphatic rings. The Kier molecular flexibility index (Phi) is 6.52. The van der Waals surface area contributed by atoms with Crippen LogP contribution in [0, 0.1) is 0 Å². The predicted octanol–water partition coefficient (Wildman–Crippen LogP) is 3.40. The number of amides is 2. The topological polar surface area (TPSA) is 84.9 Å². The summed E-state index contributed by atoms with van der Waals surface area (Å²) in [4.78, 5) is 38.8. The summed E-state index contributed by atoms with van der Waals surface area (Å²) < 4.78 is 10.5. The molecular formula is C17H23ClN2O5S. The lowest BCUT2D eigenvalue weighted by atomic mass is 10.0. The first-order valence-electron chi connectivity index (χ1n) is 8.31. The van der Waals surface area contributed by atoms with E-state index in [-0.39, 0.29) is 12.5 Å². The number of rotatable bonds is 4. The molecule has 9 heteroatoms. The fraction of sp³-hybridized carbons (Fsp3) is 0.588. The van der Waals surface area contributed by atoms with Crippen molar-refractivity contribution in [3.8, 4) is 0 Å². The first-order valence-corrected chi connectivity index (χ1v) is 9.66. The number of hydrogen-bond donors (Lipinski definition) is 1. The third kappa shape index (κ3) is 4.88. The fourth-order valence-corrected chi connectivity index (χ4v) is 3.89. The lowest BCUT2D eigenvalue weighted by molar-refractivity contribution is -0.113. The van der Waals surface area contributed by atoms with Gasteiger partial charge in [0, 0.05) is 11.4 Å². The Hall–Kier alpha value is -1.80. The van der Waals surface area contributed by atoms with Gasteiger partial charge in [-0.2, -0.15) is 0 Å². The van der Waals surface area contributed by atoms with Crippen LogP contribution in [0.4, 0.5) is 9.80 Å². The lowest BCUT2D eigenvalue weighted by Crippen LogP contribution is -2.39. The number of halogens is 1. The minimum absolute atomic E-state index is 0.213. The van der Waals surface area contributed by atoms with E-state index in [0.29, 0.717) is 30.1 Å². The first-order chi connectivity index (χ1) is 12.2. The Bertz CT molecular complexity index is 711. The molecule has 0 saturated heterocycles. The summed E-state index contributed by atoms with van der Waals surface area (Å²) in [6.07, 6.45) is 0.0799. The molecule has 2 rings (SSSR count). The van der Waals surface area contributed by atoms with Crippen molar-refractivity contribution in [1.82, 2.24) is 4.90 Å². The molecule has 0 atom stereocenters. The van der Waals surface area contributed by atoms with Crippen LogP contribution < -0.4 is 5.32 Å². The minimum Gasteiger partial charge on any atom is -0.462 e. The van der Waals surface area contributed by atoms with Crippen LogP contribution in [-0.4, -0.2) is 47.5 Å². The van der Waals surface area contributed by atoms with E-state index in [1.54, 1.807) is 11.8 Å². The average molecular weight is 403 g/mol. The average Bonchev–Trinajstić information content (AvgIpc) is 2.90. The van der Waals surface area contributed by atoms with Crippen LogP contribution in [0.15, 0.2) is 0 Å². The number of carbonyl (C=O) groups is 3. The molecular weight excluding hydrogens is 380 g/mol. The van der Waals surface area contributed by atoms with Gasteiger partial charge in [0.1, 0.15) is 16.5 Å². The number of nitrogens with zero attached hydrogens (tertiary/aromatic N) is 1. The zero-order valence-electron chi connectivity index (χ0n) is 15.3. The van der Waals surface area contributed by atoms with Gasteiger partial charge in [0.25, 0.3) is 0 Å². The van der Waals surface area contributed by atoms with Crippen molar-refractivity contribution < 1.29 is 23.9 Å². The highest BCUT2D eigenvalue weighted by atomic mass is 35.5. The van der Waals surface area contributed by atoms with Crippen LogP contribution in [0.25, 0.3) is 0 Å². The summed E-state index contributed by atoms with van der Waals surface area (Å²) in [5.41, 5.74) is 0.579. The molecule has 2 amide bonds. The van der Waals surface area contributed by atoms with Gasteiger partial charge in [-0.05, 0) is 39.7 Å². The number of fused-ring (bicyclic) bond motifs is 1. The van der Waals surface area contributed by atoms with Crippen LogP contribution in [0.5, 0.6) is 0 Å². The van der Waals surface area contributed by atoms with E-state index in [2.05, 4.69) is 5.32 Å². The van der Waals surface area contributed by atoms with Crippen LogP contribution in [0.1, 0.15) is 48.5 Å². The predicted molar refractivity (Wildman–Crippen MR) is 100.0 cm³/mol. The van der Waals surface area contributed by atoms with Gasteiger partial charge in [0.2, 0.25) is 5.91 Å². The van der Waals surface area contributed by atoms with Gasteiger partial charge in [-0.1, -0.05) is 0 Å².